The van der Waals surface area contributed by atoms with Gasteiger partial charge in [0, 0.05) is 18.8 Å². The van der Waals surface area contributed by atoms with Crippen molar-refractivity contribution in [3.05, 3.63) is 29.8 Å². The molecule has 0 bridgehead atoms. The SMILES string of the molecule is Cc1ccc(NC(=O)CN2CCNCC2=O)cc1.Cl. The van der Waals surface area contributed by atoms with E-state index in [1.807, 2.05) is 31.2 Å². The van der Waals surface area contributed by atoms with Crippen molar-refractivity contribution >= 4 is 29.9 Å². The Morgan fingerprint density at radius 1 is 1.37 bits per heavy atom. The third-order valence-electron chi connectivity index (χ3n) is 2.86. The molecule has 2 amide bonds. The first-order valence-electron chi connectivity index (χ1n) is 6.00. The monoisotopic (exact) mass is 283 g/mol. The molecule has 1 aromatic rings. The van der Waals surface area contributed by atoms with Crippen molar-refractivity contribution in [1.29, 1.82) is 0 Å². The van der Waals surface area contributed by atoms with E-state index in [1.165, 1.54) is 0 Å². The molecule has 0 aliphatic carbocycles. The van der Waals surface area contributed by atoms with Crippen molar-refractivity contribution in [2.75, 3.05) is 31.5 Å². The first-order valence-corrected chi connectivity index (χ1v) is 6.00. The molecule has 0 unspecified atom stereocenters. The molecule has 0 spiro atoms. The van der Waals surface area contributed by atoms with E-state index in [0.717, 1.165) is 17.8 Å². The van der Waals surface area contributed by atoms with Gasteiger partial charge >= 0.3 is 0 Å². The van der Waals surface area contributed by atoms with E-state index >= 15 is 0 Å². The van der Waals surface area contributed by atoms with Gasteiger partial charge < -0.3 is 15.5 Å². The van der Waals surface area contributed by atoms with E-state index in [0.29, 0.717) is 13.1 Å². The average Bonchev–Trinajstić information content (AvgIpc) is 2.35. The maximum atomic E-state index is 11.8. The molecule has 1 aromatic carbocycles. The molecule has 6 heteroatoms. The van der Waals surface area contributed by atoms with Crippen molar-refractivity contribution in [2.45, 2.75) is 6.92 Å². The Hall–Kier alpha value is -1.59. The quantitative estimate of drug-likeness (QED) is 0.862. The first-order chi connectivity index (χ1) is 8.65. The van der Waals surface area contributed by atoms with Crippen molar-refractivity contribution in [3.8, 4) is 0 Å². The van der Waals surface area contributed by atoms with E-state index in [2.05, 4.69) is 10.6 Å². The number of carbonyl (C=O) groups excluding carboxylic acids is 2. The number of hydrogen-bond acceptors (Lipinski definition) is 3. The van der Waals surface area contributed by atoms with Crippen LogP contribution in [-0.4, -0.2) is 42.9 Å². The molecule has 0 saturated carbocycles. The van der Waals surface area contributed by atoms with Crippen LogP contribution in [0.5, 0.6) is 0 Å². The van der Waals surface area contributed by atoms with Crippen molar-refractivity contribution in [2.24, 2.45) is 0 Å². The van der Waals surface area contributed by atoms with Crippen LogP contribution in [0.4, 0.5) is 5.69 Å². The van der Waals surface area contributed by atoms with Gasteiger partial charge in [-0.25, -0.2) is 0 Å². The van der Waals surface area contributed by atoms with Gasteiger partial charge in [0.25, 0.3) is 0 Å². The fourth-order valence-corrected chi connectivity index (χ4v) is 1.82. The van der Waals surface area contributed by atoms with E-state index in [-0.39, 0.29) is 30.8 Å². The lowest BCUT2D eigenvalue weighted by Crippen LogP contribution is -2.50. The number of benzene rings is 1. The number of nitrogens with one attached hydrogen (secondary N) is 2. The number of rotatable bonds is 3. The second kappa shape index (κ2) is 7.11. The minimum absolute atomic E-state index is 0. The molecule has 2 N–H and O–H groups in total. The van der Waals surface area contributed by atoms with E-state index < -0.39 is 0 Å². The van der Waals surface area contributed by atoms with Crippen LogP contribution < -0.4 is 10.6 Å². The lowest BCUT2D eigenvalue weighted by molar-refractivity contribution is -0.135. The Bertz CT molecular complexity index is 448. The van der Waals surface area contributed by atoms with Crippen molar-refractivity contribution < 1.29 is 9.59 Å². The summed E-state index contributed by atoms with van der Waals surface area (Å²) in [6.07, 6.45) is 0. The second-order valence-electron chi connectivity index (χ2n) is 4.41. The first kappa shape index (κ1) is 15.5. The summed E-state index contributed by atoms with van der Waals surface area (Å²) in [5.41, 5.74) is 1.90. The predicted octanol–water partition coefficient (Wildman–Crippen LogP) is 0.787. The maximum absolute atomic E-state index is 11.8. The third-order valence-corrected chi connectivity index (χ3v) is 2.86. The van der Waals surface area contributed by atoms with Gasteiger partial charge in [-0.1, -0.05) is 17.7 Å². The zero-order chi connectivity index (χ0) is 13.0. The number of piperazine rings is 1. The number of amides is 2. The largest absolute Gasteiger partial charge is 0.331 e. The average molecular weight is 284 g/mol. The third kappa shape index (κ3) is 4.54. The summed E-state index contributed by atoms with van der Waals surface area (Å²) in [4.78, 5) is 24.9. The Kier molecular flexibility index (Phi) is 5.79. The van der Waals surface area contributed by atoms with Gasteiger partial charge in [-0.15, -0.1) is 12.4 Å². The Morgan fingerprint density at radius 2 is 2.05 bits per heavy atom. The molecule has 5 nitrogen and oxygen atoms in total. The Morgan fingerprint density at radius 3 is 2.68 bits per heavy atom. The lowest BCUT2D eigenvalue weighted by Gasteiger charge is -2.26. The van der Waals surface area contributed by atoms with Crippen LogP contribution in [0, 0.1) is 6.92 Å². The fraction of sp³-hybridized carbons (Fsp3) is 0.385. The number of nitrogens with zero attached hydrogens (tertiary/aromatic N) is 1. The summed E-state index contributed by atoms with van der Waals surface area (Å²) in [7, 11) is 0. The fourth-order valence-electron chi connectivity index (χ4n) is 1.82. The molecule has 1 aliphatic rings. The summed E-state index contributed by atoms with van der Waals surface area (Å²) in [6.45, 7) is 3.75. The van der Waals surface area contributed by atoms with Crippen molar-refractivity contribution in [1.82, 2.24) is 10.2 Å². The van der Waals surface area contributed by atoms with E-state index in [4.69, 9.17) is 0 Å². The predicted molar refractivity (Wildman–Crippen MR) is 76.5 cm³/mol. The molecule has 19 heavy (non-hydrogen) atoms. The van der Waals surface area contributed by atoms with Gasteiger partial charge in [0.05, 0.1) is 13.1 Å². The number of anilines is 1. The topological polar surface area (TPSA) is 61.4 Å². The molecular weight excluding hydrogens is 266 g/mol. The molecular formula is C13H18ClN3O2. The highest BCUT2D eigenvalue weighted by Crippen LogP contribution is 2.08. The highest BCUT2D eigenvalue weighted by atomic mass is 35.5. The summed E-state index contributed by atoms with van der Waals surface area (Å²) in [5.74, 6) is -0.186. The van der Waals surface area contributed by atoms with Crippen LogP contribution in [0.2, 0.25) is 0 Å². The standard InChI is InChI=1S/C13H17N3O2.ClH/c1-10-2-4-11(5-3-10)15-12(17)9-16-7-6-14-8-13(16)18;/h2-5,14H,6-9H2,1H3,(H,15,17);1H. The highest BCUT2D eigenvalue weighted by molar-refractivity contribution is 5.94. The van der Waals surface area contributed by atoms with E-state index in [9.17, 15) is 9.59 Å². The lowest BCUT2D eigenvalue weighted by atomic mass is 10.2. The summed E-state index contributed by atoms with van der Waals surface area (Å²) in [6, 6.07) is 7.58. The zero-order valence-electron chi connectivity index (χ0n) is 10.8. The molecule has 2 rings (SSSR count). The molecule has 104 valence electrons. The second-order valence-corrected chi connectivity index (χ2v) is 4.41. The molecule has 1 aliphatic heterocycles. The molecule has 1 heterocycles. The maximum Gasteiger partial charge on any atom is 0.243 e. The van der Waals surface area contributed by atoms with Crippen LogP contribution in [0.25, 0.3) is 0 Å². The molecule has 1 fully saturated rings. The zero-order valence-corrected chi connectivity index (χ0v) is 11.6. The highest BCUT2D eigenvalue weighted by Gasteiger charge is 2.19. The summed E-state index contributed by atoms with van der Waals surface area (Å²) in [5, 5.41) is 5.75. The summed E-state index contributed by atoms with van der Waals surface area (Å²) < 4.78 is 0. The van der Waals surface area contributed by atoms with Gasteiger partial charge in [-0.05, 0) is 19.1 Å². The van der Waals surface area contributed by atoms with Gasteiger partial charge in [0.15, 0.2) is 0 Å². The van der Waals surface area contributed by atoms with Crippen LogP contribution in [0.1, 0.15) is 5.56 Å². The number of hydrogen-bond donors (Lipinski definition) is 2. The number of halogens is 1. The molecule has 1 saturated heterocycles. The van der Waals surface area contributed by atoms with Gasteiger partial charge in [-0.3, -0.25) is 9.59 Å². The van der Waals surface area contributed by atoms with Crippen LogP contribution in [0.15, 0.2) is 24.3 Å². The van der Waals surface area contributed by atoms with Crippen LogP contribution >= 0.6 is 12.4 Å². The van der Waals surface area contributed by atoms with Gasteiger partial charge in [-0.2, -0.15) is 0 Å². The van der Waals surface area contributed by atoms with E-state index in [1.54, 1.807) is 4.90 Å². The van der Waals surface area contributed by atoms with Crippen molar-refractivity contribution in [3.63, 3.8) is 0 Å². The Balaban J connectivity index is 0.00000180. The smallest absolute Gasteiger partial charge is 0.243 e. The number of carbonyl (C=O) groups is 2. The minimum atomic E-state index is -0.158. The summed E-state index contributed by atoms with van der Waals surface area (Å²) >= 11 is 0. The van der Waals surface area contributed by atoms with Gasteiger partial charge in [0.2, 0.25) is 11.8 Å². The van der Waals surface area contributed by atoms with Crippen LogP contribution in [0.3, 0.4) is 0 Å². The van der Waals surface area contributed by atoms with Crippen LogP contribution in [-0.2, 0) is 9.59 Å². The molecule has 0 atom stereocenters. The normalized spacial score (nSPS) is 14.8. The minimum Gasteiger partial charge on any atom is -0.331 e. The Labute approximate surface area is 118 Å². The number of aryl methyl sites for hydroxylation is 1. The van der Waals surface area contributed by atoms with Gasteiger partial charge in [0.1, 0.15) is 0 Å². The molecule has 0 aromatic heterocycles. The molecule has 0 radical (unpaired) electrons.